The summed E-state index contributed by atoms with van der Waals surface area (Å²) in [6.07, 6.45) is 5.81. The van der Waals surface area contributed by atoms with Crippen molar-refractivity contribution in [1.82, 2.24) is 0 Å². The second-order valence-corrected chi connectivity index (χ2v) is 5.68. The van der Waals surface area contributed by atoms with E-state index in [1.165, 1.54) is 0 Å². The number of hydrogen-bond acceptors (Lipinski definition) is 4. The zero-order chi connectivity index (χ0) is 18.9. The molecule has 2 aromatic carbocycles. The highest BCUT2D eigenvalue weighted by atomic mass is 16.5. The minimum Gasteiger partial charge on any atom is -0.493 e. The number of nitrogens with two attached hydrogens (primary N) is 1. The molecule has 0 unspecified atom stereocenters. The van der Waals surface area contributed by atoms with Gasteiger partial charge >= 0.3 is 0 Å². The number of hydrogen-bond donors (Lipinski definition) is 1. The average molecular weight is 351 g/mol. The highest BCUT2D eigenvalue weighted by Crippen LogP contribution is 2.31. The van der Waals surface area contributed by atoms with Crippen molar-refractivity contribution in [2.24, 2.45) is 0 Å². The van der Waals surface area contributed by atoms with E-state index >= 15 is 0 Å². The SMILES string of the molecule is C=CCc1cc(/C=C/C(=O)c2ccc(N)cc2)c(OCC)cc1OCC. The van der Waals surface area contributed by atoms with Crippen LogP contribution in [0.4, 0.5) is 5.69 Å². The van der Waals surface area contributed by atoms with Crippen LogP contribution in [0.3, 0.4) is 0 Å². The van der Waals surface area contributed by atoms with Crippen molar-refractivity contribution in [2.75, 3.05) is 18.9 Å². The lowest BCUT2D eigenvalue weighted by molar-refractivity contribution is 0.104. The van der Waals surface area contributed by atoms with Gasteiger partial charge in [-0.05, 0) is 68.3 Å². The molecule has 0 heterocycles. The number of carbonyl (C=O) groups is 1. The van der Waals surface area contributed by atoms with Gasteiger partial charge in [0.15, 0.2) is 5.78 Å². The molecule has 4 heteroatoms. The van der Waals surface area contributed by atoms with Gasteiger partial charge in [0.25, 0.3) is 0 Å². The molecule has 0 fully saturated rings. The van der Waals surface area contributed by atoms with Crippen LogP contribution in [0.15, 0.2) is 55.1 Å². The van der Waals surface area contributed by atoms with E-state index in [1.807, 2.05) is 32.1 Å². The molecule has 0 saturated heterocycles. The predicted molar refractivity (Wildman–Crippen MR) is 107 cm³/mol. The standard InChI is InChI=1S/C22H25NO3/c1-4-7-17-14-18(22(26-6-3)15-21(17)25-5-2)10-13-20(24)16-8-11-19(23)12-9-16/h4,8-15H,1,5-7,23H2,2-3H3/b13-10+. The summed E-state index contributed by atoms with van der Waals surface area (Å²) in [5.41, 5.74) is 8.72. The Kier molecular flexibility index (Phi) is 7.03. The quantitative estimate of drug-likeness (QED) is 0.308. The van der Waals surface area contributed by atoms with Gasteiger partial charge in [-0.2, -0.15) is 0 Å². The second kappa shape index (κ2) is 9.47. The molecule has 0 radical (unpaired) electrons. The lowest BCUT2D eigenvalue weighted by atomic mass is 10.0. The molecule has 4 nitrogen and oxygen atoms in total. The Morgan fingerprint density at radius 1 is 1.08 bits per heavy atom. The number of anilines is 1. The van der Waals surface area contributed by atoms with Crippen LogP contribution >= 0.6 is 0 Å². The minimum atomic E-state index is -0.0911. The van der Waals surface area contributed by atoms with Crippen molar-refractivity contribution in [1.29, 1.82) is 0 Å². The molecule has 26 heavy (non-hydrogen) atoms. The van der Waals surface area contributed by atoms with Crippen LogP contribution in [0.1, 0.15) is 35.3 Å². The normalized spacial score (nSPS) is 10.7. The highest BCUT2D eigenvalue weighted by Gasteiger charge is 2.10. The molecule has 136 valence electrons. The molecule has 0 atom stereocenters. The zero-order valence-corrected chi connectivity index (χ0v) is 15.3. The highest BCUT2D eigenvalue weighted by molar-refractivity contribution is 6.07. The molecule has 0 spiro atoms. The largest absolute Gasteiger partial charge is 0.493 e. The smallest absolute Gasteiger partial charge is 0.185 e. The van der Waals surface area contributed by atoms with E-state index in [-0.39, 0.29) is 5.78 Å². The van der Waals surface area contributed by atoms with Gasteiger partial charge in [0.1, 0.15) is 11.5 Å². The van der Waals surface area contributed by atoms with Crippen LogP contribution in [0.25, 0.3) is 6.08 Å². The van der Waals surface area contributed by atoms with Crippen LogP contribution in [-0.2, 0) is 6.42 Å². The Bertz CT molecular complexity index is 792. The van der Waals surface area contributed by atoms with Gasteiger partial charge in [-0.25, -0.2) is 0 Å². The summed E-state index contributed by atoms with van der Waals surface area (Å²) in [4.78, 5) is 12.4. The molecule has 0 aliphatic heterocycles. The summed E-state index contributed by atoms with van der Waals surface area (Å²) in [6.45, 7) is 8.76. The van der Waals surface area contributed by atoms with Gasteiger partial charge in [0.2, 0.25) is 0 Å². The van der Waals surface area contributed by atoms with Crippen molar-refractivity contribution in [3.63, 3.8) is 0 Å². The van der Waals surface area contributed by atoms with Crippen LogP contribution in [-0.4, -0.2) is 19.0 Å². The van der Waals surface area contributed by atoms with E-state index in [0.29, 0.717) is 36.6 Å². The zero-order valence-electron chi connectivity index (χ0n) is 15.3. The predicted octanol–water partition coefficient (Wildman–Crippen LogP) is 4.69. The number of ketones is 1. The summed E-state index contributed by atoms with van der Waals surface area (Å²) in [6, 6.07) is 10.7. The van der Waals surface area contributed by atoms with E-state index in [2.05, 4.69) is 6.58 Å². The first-order chi connectivity index (χ1) is 12.6. The van der Waals surface area contributed by atoms with Crippen molar-refractivity contribution in [3.8, 4) is 11.5 Å². The Morgan fingerprint density at radius 3 is 2.35 bits per heavy atom. The summed E-state index contributed by atoms with van der Waals surface area (Å²) >= 11 is 0. The molecule has 2 aromatic rings. The fourth-order valence-corrected chi connectivity index (χ4v) is 2.55. The lowest BCUT2D eigenvalue weighted by Gasteiger charge is -2.14. The molecule has 0 amide bonds. The van der Waals surface area contributed by atoms with Crippen molar-refractivity contribution < 1.29 is 14.3 Å². The Hall–Kier alpha value is -3.01. The third-order valence-electron chi connectivity index (χ3n) is 3.77. The number of allylic oxidation sites excluding steroid dienone is 2. The molecule has 0 aliphatic rings. The monoisotopic (exact) mass is 351 g/mol. The van der Waals surface area contributed by atoms with Crippen molar-refractivity contribution >= 4 is 17.5 Å². The lowest BCUT2D eigenvalue weighted by Crippen LogP contribution is -2.01. The fraction of sp³-hybridized carbons (Fsp3) is 0.227. The molecule has 2 rings (SSSR count). The molecule has 0 saturated carbocycles. The second-order valence-electron chi connectivity index (χ2n) is 5.68. The minimum absolute atomic E-state index is 0.0911. The van der Waals surface area contributed by atoms with Gasteiger partial charge in [-0.1, -0.05) is 6.08 Å². The van der Waals surface area contributed by atoms with E-state index in [4.69, 9.17) is 15.2 Å². The Balaban J connectivity index is 2.35. The average Bonchev–Trinajstić information content (AvgIpc) is 2.63. The number of carbonyl (C=O) groups excluding carboxylic acids is 1. The van der Waals surface area contributed by atoms with Gasteiger partial charge in [-0.3, -0.25) is 4.79 Å². The topological polar surface area (TPSA) is 61.6 Å². The molecule has 0 bridgehead atoms. The van der Waals surface area contributed by atoms with Gasteiger partial charge in [0.05, 0.1) is 13.2 Å². The first-order valence-corrected chi connectivity index (χ1v) is 8.70. The Morgan fingerprint density at radius 2 is 1.73 bits per heavy atom. The first kappa shape index (κ1) is 19.3. The van der Waals surface area contributed by atoms with Crippen molar-refractivity contribution in [3.05, 3.63) is 71.8 Å². The summed E-state index contributed by atoms with van der Waals surface area (Å²) in [5, 5.41) is 0. The van der Waals surface area contributed by atoms with E-state index in [1.54, 1.807) is 36.4 Å². The number of benzene rings is 2. The number of rotatable bonds is 9. The number of nitrogen functional groups attached to an aromatic ring is 1. The maximum absolute atomic E-state index is 12.4. The summed E-state index contributed by atoms with van der Waals surface area (Å²) < 4.78 is 11.4. The number of ether oxygens (including phenoxy) is 2. The molecular weight excluding hydrogens is 326 g/mol. The van der Waals surface area contributed by atoms with E-state index in [9.17, 15) is 4.79 Å². The Labute approximate surface area is 154 Å². The van der Waals surface area contributed by atoms with E-state index in [0.717, 1.165) is 16.9 Å². The van der Waals surface area contributed by atoms with Gasteiger partial charge < -0.3 is 15.2 Å². The third-order valence-corrected chi connectivity index (χ3v) is 3.77. The molecule has 0 aromatic heterocycles. The van der Waals surface area contributed by atoms with Crippen LogP contribution < -0.4 is 15.2 Å². The molecule has 2 N–H and O–H groups in total. The summed E-state index contributed by atoms with van der Waals surface area (Å²) in [7, 11) is 0. The van der Waals surface area contributed by atoms with Crippen molar-refractivity contribution in [2.45, 2.75) is 20.3 Å². The van der Waals surface area contributed by atoms with Gasteiger partial charge in [-0.15, -0.1) is 6.58 Å². The maximum atomic E-state index is 12.4. The molecular formula is C22H25NO3. The van der Waals surface area contributed by atoms with Gasteiger partial charge in [0, 0.05) is 22.9 Å². The third kappa shape index (κ3) is 4.99. The van der Waals surface area contributed by atoms with Crippen LogP contribution in [0.2, 0.25) is 0 Å². The molecule has 0 aliphatic carbocycles. The maximum Gasteiger partial charge on any atom is 0.185 e. The fourth-order valence-electron chi connectivity index (χ4n) is 2.55. The summed E-state index contributed by atoms with van der Waals surface area (Å²) in [5.74, 6) is 1.37. The van der Waals surface area contributed by atoms with Crippen LogP contribution in [0.5, 0.6) is 11.5 Å². The van der Waals surface area contributed by atoms with Crippen LogP contribution in [0, 0.1) is 0 Å². The first-order valence-electron chi connectivity index (χ1n) is 8.70. The van der Waals surface area contributed by atoms with E-state index < -0.39 is 0 Å².